The molecule has 0 saturated carbocycles. The molecule has 0 nitrogen and oxygen atoms in total. The van der Waals surface area contributed by atoms with Crippen LogP contribution in [0.5, 0.6) is 0 Å². The molecule has 0 saturated heterocycles. The molecule has 0 atom stereocenters. The number of rotatable bonds is 2. The second-order valence-corrected chi connectivity index (χ2v) is 15.7. The fourth-order valence-corrected chi connectivity index (χ4v) is 6.83. The normalized spacial score (nSPS) is 12.4. The van der Waals surface area contributed by atoms with Gasteiger partial charge >= 0.3 is 120 Å². The number of fused-ring (bicyclic) bond motifs is 3. The Morgan fingerprint density at radius 1 is 0.717 bits per heavy atom. The first-order valence-corrected chi connectivity index (χ1v) is 17.2. The number of benzene rings is 4. The summed E-state index contributed by atoms with van der Waals surface area (Å²) in [7, 11) is 0. The van der Waals surface area contributed by atoms with Gasteiger partial charge in [0.2, 0.25) is 0 Å². The molecule has 4 aromatic rings. The van der Waals surface area contributed by atoms with Crippen LogP contribution in [0.1, 0.15) is 92.5 Å². The van der Waals surface area contributed by atoms with Gasteiger partial charge in [0.1, 0.15) is 0 Å². The van der Waals surface area contributed by atoms with Gasteiger partial charge < -0.3 is 0 Å². The molecule has 0 N–H and O–H groups in total. The molecule has 0 amide bonds. The van der Waals surface area contributed by atoms with Crippen molar-refractivity contribution in [3.63, 3.8) is 0 Å². The summed E-state index contributed by atoms with van der Waals surface area (Å²) in [5.74, 6) is 0. The monoisotopic (exact) mass is 766 g/mol. The van der Waals surface area contributed by atoms with Crippen molar-refractivity contribution < 1.29 is 24.2 Å². The third kappa shape index (κ3) is 10.4. The van der Waals surface area contributed by atoms with Crippen LogP contribution >= 0.6 is 48.0 Å². The SMILES string of the molecule is Cc1[c-]c2c(cc1C(C)(C)C)-c1cc(C(C)(C)C)c(C)cc1C2.Cl.Cl.Clc1ccc([C](=[Zr+2])c2ccc(Cl)cc2)cc1.[C-]1=CC=CC1. The first-order valence-electron chi connectivity index (χ1n) is 15.2. The van der Waals surface area contributed by atoms with Crippen molar-refractivity contribution in [3.8, 4) is 11.1 Å². The van der Waals surface area contributed by atoms with E-state index in [2.05, 4.69) is 91.8 Å². The predicted molar refractivity (Wildman–Crippen MR) is 203 cm³/mol. The standard InChI is InChI=1S/C23H29.C13H8Cl2.C5H5.2ClH.Zr/c1-14-9-16-11-17-10-15(2)21(23(6,7)8)13-19(17)18(16)12-20(14)22(3,4)5;14-12-5-1-10(2-6-12)9-11-3-7-13(15)8-4-11;1-2-4-5-3-1;;;/h9,12-13H,11H2,1-8H3;1-8H;1-3H,4H2;2*1H;/q-1;;-1;;;+2. The van der Waals surface area contributed by atoms with Crippen LogP contribution in [-0.2, 0) is 41.5 Å². The van der Waals surface area contributed by atoms with Crippen molar-refractivity contribution in [1.29, 1.82) is 0 Å². The number of allylic oxidation sites excluding steroid dienone is 4. The molecule has 240 valence electrons. The van der Waals surface area contributed by atoms with Crippen LogP contribution in [0.2, 0.25) is 10.0 Å². The van der Waals surface area contributed by atoms with Gasteiger partial charge in [0.25, 0.3) is 0 Å². The summed E-state index contributed by atoms with van der Waals surface area (Å²) >= 11 is 13.1. The quantitative estimate of drug-likeness (QED) is 0.157. The van der Waals surface area contributed by atoms with Crippen molar-refractivity contribution in [2.24, 2.45) is 0 Å². The minimum Gasteiger partial charge on any atom is -0.273 e. The van der Waals surface area contributed by atoms with E-state index in [1.165, 1.54) is 83.1 Å². The summed E-state index contributed by atoms with van der Waals surface area (Å²) in [6, 6.07) is 26.8. The third-order valence-corrected chi connectivity index (χ3v) is 9.85. The minimum absolute atomic E-state index is 0. The van der Waals surface area contributed by atoms with E-state index in [1.54, 1.807) is 0 Å². The molecule has 4 aromatic carbocycles. The summed E-state index contributed by atoms with van der Waals surface area (Å²) in [6.07, 6.45) is 11.0. The second kappa shape index (κ2) is 17.1. The maximum absolute atomic E-state index is 5.86. The number of hydrogen-bond acceptors (Lipinski definition) is 0. The predicted octanol–water partition coefficient (Wildman–Crippen LogP) is 12.5. The smallest absolute Gasteiger partial charge is 0.109 e. The molecule has 0 aromatic heterocycles. The topological polar surface area (TPSA) is 0 Å². The van der Waals surface area contributed by atoms with Crippen LogP contribution in [0.25, 0.3) is 11.1 Å². The maximum Gasteiger partial charge on any atom is -0.109 e. The molecule has 2 aliphatic carbocycles. The van der Waals surface area contributed by atoms with Crippen LogP contribution in [-0.4, -0.2) is 3.21 Å². The van der Waals surface area contributed by atoms with E-state index < -0.39 is 0 Å². The number of hydrogen-bond donors (Lipinski definition) is 0. The van der Waals surface area contributed by atoms with Crippen LogP contribution in [0.15, 0.2) is 85.0 Å². The Balaban J connectivity index is 0.000000278. The number of aryl methyl sites for hydroxylation is 2. The molecule has 0 unspecified atom stereocenters. The molecule has 0 fully saturated rings. The van der Waals surface area contributed by atoms with E-state index in [9.17, 15) is 0 Å². The van der Waals surface area contributed by atoms with Crippen LogP contribution < -0.4 is 0 Å². The first kappa shape index (κ1) is 40.4. The van der Waals surface area contributed by atoms with Crippen molar-refractivity contribution in [1.82, 2.24) is 0 Å². The zero-order valence-electron chi connectivity index (χ0n) is 28.1. The molecule has 0 heterocycles. The summed E-state index contributed by atoms with van der Waals surface area (Å²) in [6.45, 7) is 18.2. The van der Waals surface area contributed by atoms with E-state index in [-0.39, 0.29) is 35.6 Å². The van der Waals surface area contributed by atoms with Gasteiger partial charge in [-0.15, -0.1) is 47.9 Å². The van der Waals surface area contributed by atoms with E-state index in [1.807, 2.05) is 60.7 Å². The molecule has 2 aliphatic rings. The van der Waals surface area contributed by atoms with Gasteiger partial charge in [-0.2, -0.15) is 23.8 Å². The Hall–Kier alpha value is -1.73. The second-order valence-electron chi connectivity index (χ2n) is 13.6. The van der Waals surface area contributed by atoms with Gasteiger partial charge in [-0.25, -0.2) is 12.2 Å². The van der Waals surface area contributed by atoms with E-state index in [4.69, 9.17) is 23.2 Å². The van der Waals surface area contributed by atoms with Crippen molar-refractivity contribution in [3.05, 3.63) is 152 Å². The van der Waals surface area contributed by atoms with Gasteiger partial charge in [-0.1, -0.05) is 71.6 Å². The Morgan fingerprint density at radius 3 is 1.63 bits per heavy atom. The zero-order chi connectivity index (χ0) is 32.2. The van der Waals surface area contributed by atoms with Gasteiger partial charge in [0.05, 0.1) is 0 Å². The molecule has 46 heavy (non-hydrogen) atoms. The van der Waals surface area contributed by atoms with Gasteiger partial charge in [-0.05, 0) is 35.4 Å². The Bertz CT molecular complexity index is 1570. The van der Waals surface area contributed by atoms with E-state index in [0.29, 0.717) is 0 Å². The van der Waals surface area contributed by atoms with E-state index in [0.717, 1.165) is 22.9 Å². The molecular weight excluding hydrogens is 725 g/mol. The van der Waals surface area contributed by atoms with Crippen molar-refractivity contribution in [2.45, 2.75) is 79.1 Å². The summed E-state index contributed by atoms with van der Waals surface area (Å²) in [4.78, 5) is 0. The van der Waals surface area contributed by atoms with Crippen LogP contribution in [0, 0.1) is 26.0 Å². The summed E-state index contributed by atoms with van der Waals surface area (Å²) in [5, 5.41) is 1.53. The summed E-state index contributed by atoms with van der Waals surface area (Å²) in [5.41, 5.74) is 14.0. The Kier molecular flexibility index (Phi) is 15.0. The average Bonchev–Trinajstić information content (AvgIpc) is 3.63. The number of halogens is 4. The fraction of sp³-hybridized carbons (Fsp3) is 0.293. The molecule has 0 spiro atoms. The molecule has 6 rings (SSSR count). The van der Waals surface area contributed by atoms with Crippen molar-refractivity contribution in [2.75, 3.05) is 0 Å². The zero-order valence-corrected chi connectivity index (χ0v) is 33.7. The van der Waals surface area contributed by atoms with Crippen LogP contribution in [0.3, 0.4) is 0 Å². The maximum atomic E-state index is 5.86. The first-order chi connectivity index (χ1) is 20.6. The van der Waals surface area contributed by atoms with Crippen LogP contribution in [0.4, 0.5) is 0 Å². The van der Waals surface area contributed by atoms with Gasteiger partial charge in [-0.3, -0.25) is 6.08 Å². The third-order valence-electron chi connectivity index (χ3n) is 7.93. The molecule has 0 aliphatic heterocycles. The van der Waals surface area contributed by atoms with Gasteiger partial charge in [0.15, 0.2) is 0 Å². The molecular formula is C41H44Cl4Zr. The van der Waals surface area contributed by atoms with E-state index >= 15 is 0 Å². The van der Waals surface area contributed by atoms with Crippen molar-refractivity contribution >= 4 is 51.2 Å². The Labute approximate surface area is 314 Å². The molecule has 0 bridgehead atoms. The van der Waals surface area contributed by atoms with Gasteiger partial charge in [0, 0.05) is 0 Å². The average molecular weight is 770 g/mol. The molecule has 0 radical (unpaired) electrons. The summed E-state index contributed by atoms with van der Waals surface area (Å²) < 4.78 is 1.31. The largest absolute Gasteiger partial charge is 0.273 e. The minimum atomic E-state index is 0. The molecule has 5 heteroatoms. The Morgan fingerprint density at radius 2 is 1.22 bits per heavy atom. The fourth-order valence-electron chi connectivity index (χ4n) is 5.76.